The number of carboxylic acids is 1. The molecule has 114 valence electrons. The van der Waals surface area contributed by atoms with Crippen LogP contribution >= 0.6 is 27.7 Å². The van der Waals surface area contributed by atoms with Gasteiger partial charge in [-0.1, -0.05) is 11.8 Å². The number of imidazole rings is 1. The van der Waals surface area contributed by atoms with Gasteiger partial charge in [-0.05, 0) is 35.8 Å². The van der Waals surface area contributed by atoms with Gasteiger partial charge in [0.1, 0.15) is 5.52 Å². The number of nitrogens with zero attached hydrogens (tertiary/aromatic N) is 3. The summed E-state index contributed by atoms with van der Waals surface area (Å²) in [6, 6.07) is 1.86. The van der Waals surface area contributed by atoms with Crippen LogP contribution in [0.5, 0.6) is 0 Å². The van der Waals surface area contributed by atoms with Crippen molar-refractivity contribution in [2.75, 3.05) is 12.9 Å². The van der Waals surface area contributed by atoms with E-state index in [1.807, 2.05) is 24.5 Å². The lowest BCUT2D eigenvalue weighted by atomic mass is 10.1. The maximum absolute atomic E-state index is 10.8. The molecule has 0 radical (unpaired) electrons. The van der Waals surface area contributed by atoms with Crippen molar-refractivity contribution in [2.45, 2.75) is 31.1 Å². The van der Waals surface area contributed by atoms with Crippen LogP contribution < -0.4 is 0 Å². The predicted molar refractivity (Wildman–Crippen MR) is 84.7 cm³/mol. The molecule has 6 nitrogen and oxygen atoms in total. The number of pyridine rings is 1. The van der Waals surface area contributed by atoms with Crippen LogP contribution in [0.1, 0.15) is 13.8 Å². The Labute approximate surface area is 135 Å². The topological polar surface area (TPSA) is 77.2 Å². The molecule has 0 atom stereocenters. The summed E-state index contributed by atoms with van der Waals surface area (Å²) in [5, 5.41) is 9.49. The third-order valence-electron chi connectivity index (χ3n) is 2.93. The van der Waals surface area contributed by atoms with E-state index in [-0.39, 0.29) is 5.75 Å². The van der Waals surface area contributed by atoms with Crippen LogP contribution in [0.25, 0.3) is 11.2 Å². The number of fused-ring (bicyclic) bond motifs is 1. The summed E-state index contributed by atoms with van der Waals surface area (Å²) < 4.78 is 8.19. The van der Waals surface area contributed by atoms with Gasteiger partial charge in [0.15, 0.2) is 10.8 Å². The van der Waals surface area contributed by atoms with Crippen molar-refractivity contribution in [3.8, 4) is 0 Å². The molecular weight excluding hydrogens is 358 g/mol. The standard InChI is InChI=1S/C13H16BrN3O3S/c1-13(2,20-3)7-17-11-9(4-8(14)5-15-11)16-12(17)21-6-10(18)19/h4-5H,6-7H2,1-3H3,(H,18,19). The van der Waals surface area contributed by atoms with E-state index in [4.69, 9.17) is 9.84 Å². The van der Waals surface area contributed by atoms with Gasteiger partial charge in [0, 0.05) is 17.8 Å². The molecule has 0 aromatic carbocycles. The lowest BCUT2D eigenvalue weighted by Crippen LogP contribution is -2.29. The molecule has 0 bridgehead atoms. The molecule has 0 aliphatic rings. The highest BCUT2D eigenvalue weighted by Gasteiger charge is 2.22. The van der Waals surface area contributed by atoms with Crippen molar-refractivity contribution in [1.82, 2.24) is 14.5 Å². The van der Waals surface area contributed by atoms with E-state index >= 15 is 0 Å². The zero-order chi connectivity index (χ0) is 15.6. The quantitative estimate of drug-likeness (QED) is 0.784. The van der Waals surface area contributed by atoms with Crippen LogP contribution in [0.3, 0.4) is 0 Å². The van der Waals surface area contributed by atoms with Crippen molar-refractivity contribution < 1.29 is 14.6 Å². The molecule has 0 unspecified atom stereocenters. The minimum Gasteiger partial charge on any atom is -0.481 e. The molecule has 1 N–H and O–H groups in total. The maximum Gasteiger partial charge on any atom is 0.313 e. The summed E-state index contributed by atoms with van der Waals surface area (Å²) in [6.45, 7) is 4.46. The molecule has 2 rings (SSSR count). The number of aromatic nitrogens is 3. The van der Waals surface area contributed by atoms with E-state index < -0.39 is 11.6 Å². The second-order valence-corrected chi connectivity index (χ2v) is 6.98. The SMILES string of the molecule is COC(C)(C)Cn1c(SCC(=O)O)nc2cc(Br)cnc21. The van der Waals surface area contributed by atoms with Crippen molar-refractivity contribution in [3.63, 3.8) is 0 Å². The fraction of sp³-hybridized carbons (Fsp3) is 0.462. The van der Waals surface area contributed by atoms with Gasteiger partial charge in [-0.3, -0.25) is 4.79 Å². The van der Waals surface area contributed by atoms with Gasteiger partial charge < -0.3 is 14.4 Å². The highest BCUT2D eigenvalue weighted by molar-refractivity contribution is 9.10. The lowest BCUT2D eigenvalue weighted by molar-refractivity contribution is -0.133. The number of aliphatic carboxylic acids is 1. The molecule has 0 saturated heterocycles. The average molecular weight is 374 g/mol. The number of hydrogen-bond donors (Lipinski definition) is 1. The zero-order valence-corrected chi connectivity index (χ0v) is 14.4. The second-order valence-electron chi connectivity index (χ2n) is 5.12. The molecule has 0 aliphatic heterocycles. The van der Waals surface area contributed by atoms with Crippen molar-refractivity contribution in [2.24, 2.45) is 0 Å². The maximum atomic E-state index is 10.8. The first kappa shape index (κ1) is 16.3. The minimum absolute atomic E-state index is 0.0437. The summed E-state index contributed by atoms with van der Waals surface area (Å²) in [7, 11) is 1.65. The molecule has 0 spiro atoms. The molecule has 21 heavy (non-hydrogen) atoms. The number of carboxylic acid groups (broad SMARTS) is 1. The number of carbonyl (C=O) groups is 1. The largest absolute Gasteiger partial charge is 0.481 e. The Hall–Kier alpha value is -1.12. The van der Waals surface area contributed by atoms with Gasteiger partial charge in [0.2, 0.25) is 0 Å². The fourth-order valence-electron chi connectivity index (χ4n) is 1.79. The highest BCUT2D eigenvalue weighted by Crippen LogP contribution is 2.27. The minimum atomic E-state index is -0.876. The van der Waals surface area contributed by atoms with Gasteiger partial charge in [-0.15, -0.1) is 0 Å². The van der Waals surface area contributed by atoms with Crippen LogP contribution in [-0.4, -0.2) is 44.1 Å². The molecule has 8 heteroatoms. The van der Waals surface area contributed by atoms with Crippen LogP contribution in [0.2, 0.25) is 0 Å². The monoisotopic (exact) mass is 373 g/mol. The van der Waals surface area contributed by atoms with E-state index in [0.717, 1.165) is 15.6 Å². The highest BCUT2D eigenvalue weighted by atomic mass is 79.9. The van der Waals surface area contributed by atoms with Gasteiger partial charge in [-0.25, -0.2) is 9.97 Å². The van der Waals surface area contributed by atoms with Gasteiger partial charge in [0.05, 0.1) is 17.9 Å². The number of halogens is 1. The van der Waals surface area contributed by atoms with Crippen LogP contribution in [0.15, 0.2) is 21.9 Å². The first-order chi connectivity index (χ1) is 9.82. The van der Waals surface area contributed by atoms with Crippen molar-refractivity contribution in [1.29, 1.82) is 0 Å². The third-order valence-corrected chi connectivity index (χ3v) is 4.33. The molecule has 2 heterocycles. The number of ether oxygens (including phenoxy) is 1. The molecule has 0 amide bonds. The van der Waals surface area contributed by atoms with Gasteiger partial charge in [0.25, 0.3) is 0 Å². The van der Waals surface area contributed by atoms with Gasteiger partial charge >= 0.3 is 5.97 Å². The molecule has 0 fully saturated rings. The van der Waals surface area contributed by atoms with Gasteiger partial charge in [-0.2, -0.15) is 0 Å². The average Bonchev–Trinajstić information content (AvgIpc) is 2.73. The summed E-state index contributed by atoms with van der Waals surface area (Å²) in [5.41, 5.74) is 1.04. The lowest BCUT2D eigenvalue weighted by Gasteiger charge is -2.24. The van der Waals surface area contributed by atoms with E-state index in [9.17, 15) is 4.79 Å². The Morgan fingerprint density at radius 3 is 2.90 bits per heavy atom. The van der Waals surface area contributed by atoms with Crippen molar-refractivity contribution in [3.05, 3.63) is 16.7 Å². The van der Waals surface area contributed by atoms with Crippen molar-refractivity contribution >= 4 is 44.8 Å². The number of methoxy groups -OCH3 is 1. The third kappa shape index (κ3) is 3.96. The van der Waals surface area contributed by atoms with Crippen LogP contribution in [-0.2, 0) is 16.1 Å². The van der Waals surface area contributed by atoms with Crippen LogP contribution in [0, 0.1) is 0 Å². The normalized spacial score (nSPS) is 12.0. The Kier molecular flexibility index (Phi) is 4.90. The molecule has 2 aromatic heterocycles. The van der Waals surface area contributed by atoms with E-state index in [0.29, 0.717) is 11.7 Å². The first-order valence-electron chi connectivity index (χ1n) is 6.24. The summed E-state index contributed by atoms with van der Waals surface area (Å²) in [5.74, 6) is -0.920. The van der Waals surface area contributed by atoms with Crippen LogP contribution in [0.4, 0.5) is 0 Å². The first-order valence-corrected chi connectivity index (χ1v) is 8.02. The molecule has 0 saturated carbocycles. The number of thioether (sulfide) groups is 1. The summed E-state index contributed by atoms with van der Waals surface area (Å²) in [4.78, 5) is 19.7. The predicted octanol–water partition coefficient (Wildman–Crippen LogP) is 2.80. The molecule has 2 aromatic rings. The second kappa shape index (κ2) is 6.33. The van der Waals surface area contributed by atoms with E-state index in [1.165, 1.54) is 11.8 Å². The Bertz CT molecular complexity index is 672. The Morgan fingerprint density at radius 1 is 1.57 bits per heavy atom. The smallest absolute Gasteiger partial charge is 0.313 e. The number of rotatable bonds is 6. The number of hydrogen-bond acceptors (Lipinski definition) is 5. The molecular formula is C13H16BrN3O3S. The Balaban J connectivity index is 2.46. The summed E-state index contributed by atoms with van der Waals surface area (Å²) >= 11 is 4.55. The zero-order valence-electron chi connectivity index (χ0n) is 12.0. The fourth-order valence-corrected chi connectivity index (χ4v) is 2.83. The van der Waals surface area contributed by atoms with E-state index in [1.54, 1.807) is 13.3 Å². The van der Waals surface area contributed by atoms with E-state index in [2.05, 4.69) is 25.9 Å². The summed E-state index contributed by atoms with van der Waals surface area (Å²) in [6.07, 6.45) is 1.70. The molecule has 0 aliphatic carbocycles. The Morgan fingerprint density at radius 2 is 2.29 bits per heavy atom.